The van der Waals surface area contributed by atoms with Crippen molar-refractivity contribution in [1.29, 1.82) is 0 Å². The number of amides is 3. The van der Waals surface area contributed by atoms with Crippen molar-refractivity contribution in [2.75, 3.05) is 68.5 Å². The summed E-state index contributed by atoms with van der Waals surface area (Å²) in [5, 5.41) is 9.55. The third-order valence-electron chi connectivity index (χ3n) is 7.57. The molecule has 2 aromatic rings. The van der Waals surface area contributed by atoms with Crippen molar-refractivity contribution in [3.8, 4) is 0 Å². The first kappa shape index (κ1) is 27.9. The molecule has 2 saturated heterocycles. The SMILES string of the molecule is CN1CCN(c2ccc(Nc3ncc4c(n3)N(C)C(=O)N(C3CCNCC3NC(=O)OC(C)(C)C)C4)cc2)CC1. The van der Waals surface area contributed by atoms with Gasteiger partial charge in [0.15, 0.2) is 0 Å². The Hall–Kier alpha value is -3.64. The van der Waals surface area contributed by atoms with Crippen LogP contribution >= 0.6 is 0 Å². The lowest BCUT2D eigenvalue weighted by atomic mass is 9.98. The average molecular weight is 552 g/mol. The number of anilines is 4. The number of piperidine rings is 1. The Labute approximate surface area is 236 Å². The van der Waals surface area contributed by atoms with Crippen LogP contribution in [0, 0.1) is 0 Å². The molecular weight excluding hydrogens is 510 g/mol. The van der Waals surface area contributed by atoms with Crippen molar-refractivity contribution in [2.45, 2.75) is 51.4 Å². The number of ether oxygens (including phenoxy) is 1. The molecule has 216 valence electrons. The molecule has 3 aliphatic heterocycles. The first-order chi connectivity index (χ1) is 19.1. The summed E-state index contributed by atoms with van der Waals surface area (Å²) in [7, 11) is 3.88. The third kappa shape index (κ3) is 6.39. The first-order valence-corrected chi connectivity index (χ1v) is 14.0. The topological polar surface area (TPSA) is 118 Å². The van der Waals surface area contributed by atoms with Gasteiger partial charge in [-0.1, -0.05) is 0 Å². The van der Waals surface area contributed by atoms with Crippen LogP contribution in [-0.4, -0.2) is 103 Å². The van der Waals surface area contributed by atoms with Crippen LogP contribution in [-0.2, 0) is 11.3 Å². The normalized spacial score (nSPS) is 22.1. The maximum atomic E-state index is 13.5. The lowest BCUT2D eigenvalue weighted by molar-refractivity contribution is 0.0449. The molecule has 4 heterocycles. The van der Waals surface area contributed by atoms with Gasteiger partial charge in [-0.3, -0.25) is 4.90 Å². The molecule has 2 unspecified atom stereocenters. The van der Waals surface area contributed by atoms with E-state index in [1.54, 1.807) is 23.0 Å². The quantitative estimate of drug-likeness (QED) is 0.515. The minimum Gasteiger partial charge on any atom is -0.444 e. The van der Waals surface area contributed by atoms with Gasteiger partial charge in [-0.25, -0.2) is 14.6 Å². The molecule has 12 heteroatoms. The molecule has 0 aliphatic carbocycles. The molecule has 3 amide bonds. The molecule has 1 aromatic heterocycles. The number of piperazine rings is 1. The lowest BCUT2D eigenvalue weighted by Crippen LogP contribution is -2.63. The van der Waals surface area contributed by atoms with Gasteiger partial charge in [0.1, 0.15) is 11.4 Å². The molecule has 0 spiro atoms. The summed E-state index contributed by atoms with van der Waals surface area (Å²) < 4.78 is 5.46. The van der Waals surface area contributed by atoms with E-state index in [1.807, 2.05) is 32.9 Å². The molecule has 0 bridgehead atoms. The predicted octanol–water partition coefficient (Wildman–Crippen LogP) is 2.60. The largest absolute Gasteiger partial charge is 0.444 e. The minimum absolute atomic E-state index is 0.156. The Bertz CT molecular complexity index is 1210. The Morgan fingerprint density at radius 1 is 1.10 bits per heavy atom. The fourth-order valence-corrected chi connectivity index (χ4v) is 5.43. The zero-order chi connectivity index (χ0) is 28.4. The van der Waals surface area contributed by atoms with Gasteiger partial charge in [-0.05, 0) is 65.0 Å². The summed E-state index contributed by atoms with van der Waals surface area (Å²) in [6.07, 6.45) is 2.00. The highest BCUT2D eigenvalue weighted by molar-refractivity contribution is 5.93. The molecular formula is C28H41N9O3. The Kier molecular flexibility index (Phi) is 7.99. The van der Waals surface area contributed by atoms with Gasteiger partial charge in [0.05, 0.1) is 18.6 Å². The van der Waals surface area contributed by atoms with Gasteiger partial charge in [0, 0.05) is 62.9 Å². The van der Waals surface area contributed by atoms with Crippen LogP contribution in [0.15, 0.2) is 30.5 Å². The van der Waals surface area contributed by atoms with Crippen LogP contribution in [0.2, 0.25) is 0 Å². The van der Waals surface area contributed by atoms with E-state index in [9.17, 15) is 9.59 Å². The Balaban J connectivity index is 1.26. The van der Waals surface area contributed by atoms with Crippen molar-refractivity contribution >= 4 is 35.3 Å². The molecule has 3 aliphatic rings. The standard InChI is InChI=1S/C28H41N9O3/c1-28(2,3)40-26(38)32-22-17-29-11-10-23(22)37-18-19-16-30-25(33-24(19)35(5)27(37)39)31-20-6-8-21(9-7-20)36-14-12-34(4)13-15-36/h6-9,16,22-23,29H,10-15,17-18H2,1-5H3,(H,32,38)(H,30,31,33). The molecule has 2 fully saturated rings. The zero-order valence-electron chi connectivity index (χ0n) is 24.1. The number of rotatable bonds is 5. The number of urea groups is 1. The number of benzene rings is 1. The van der Waals surface area contributed by atoms with Gasteiger partial charge in [-0.15, -0.1) is 0 Å². The molecule has 3 N–H and O–H groups in total. The van der Waals surface area contributed by atoms with E-state index < -0.39 is 11.7 Å². The van der Waals surface area contributed by atoms with Crippen LogP contribution < -0.4 is 25.8 Å². The molecule has 1 aromatic carbocycles. The summed E-state index contributed by atoms with van der Waals surface area (Å²) in [6, 6.07) is 7.66. The van der Waals surface area contributed by atoms with E-state index in [1.165, 1.54) is 5.69 Å². The number of carbonyl (C=O) groups excluding carboxylic acids is 2. The number of hydrogen-bond acceptors (Lipinski definition) is 9. The highest BCUT2D eigenvalue weighted by Crippen LogP contribution is 2.30. The van der Waals surface area contributed by atoms with Gasteiger partial charge in [0.2, 0.25) is 5.95 Å². The second-order valence-electron chi connectivity index (χ2n) is 11.8. The van der Waals surface area contributed by atoms with Crippen LogP contribution in [0.5, 0.6) is 0 Å². The van der Waals surface area contributed by atoms with E-state index in [-0.39, 0.29) is 18.1 Å². The summed E-state index contributed by atoms with van der Waals surface area (Å²) >= 11 is 0. The summed E-state index contributed by atoms with van der Waals surface area (Å²) in [4.78, 5) is 43.4. The molecule has 5 rings (SSSR count). The number of likely N-dealkylation sites (N-methyl/N-ethyl adjacent to an activating group) is 1. The van der Waals surface area contributed by atoms with Crippen molar-refractivity contribution in [1.82, 2.24) is 30.4 Å². The number of nitrogens with zero attached hydrogens (tertiary/aromatic N) is 6. The van der Waals surface area contributed by atoms with Crippen molar-refractivity contribution in [3.63, 3.8) is 0 Å². The number of fused-ring (bicyclic) bond motifs is 1. The highest BCUT2D eigenvalue weighted by atomic mass is 16.6. The summed E-state index contributed by atoms with van der Waals surface area (Å²) in [6.45, 7) is 11.3. The second-order valence-corrected chi connectivity index (χ2v) is 11.8. The third-order valence-corrected chi connectivity index (χ3v) is 7.57. The smallest absolute Gasteiger partial charge is 0.407 e. The Morgan fingerprint density at radius 2 is 1.82 bits per heavy atom. The second kappa shape index (κ2) is 11.5. The van der Waals surface area contributed by atoms with E-state index in [2.05, 4.69) is 54.9 Å². The van der Waals surface area contributed by atoms with Gasteiger partial charge in [0.25, 0.3) is 0 Å². The lowest BCUT2D eigenvalue weighted by Gasteiger charge is -2.44. The first-order valence-electron chi connectivity index (χ1n) is 14.0. The van der Waals surface area contributed by atoms with E-state index in [0.717, 1.165) is 44.0 Å². The molecule has 0 saturated carbocycles. The monoisotopic (exact) mass is 551 g/mol. The fourth-order valence-electron chi connectivity index (χ4n) is 5.43. The van der Waals surface area contributed by atoms with E-state index in [4.69, 9.17) is 4.74 Å². The van der Waals surface area contributed by atoms with Crippen LogP contribution in [0.4, 0.5) is 32.7 Å². The highest BCUT2D eigenvalue weighted by Gasteiger charge is 2.39. The van der Waals surface area contributed by atoms with Gasteiger partial charge < -0.3 is 35.4 Å². The number of hydrogen-bond donors (Lipinski definition) is 3. The number of carbonyl (C=O) groups is 2. The number of aromatic nitrogens is 2. The summed E-state index contributed by atoms with van der Waals surface area (Å²) in [5.41, 5.74) is 2.34. The molecule has 40 heavy (non-hydrogen) atoms. The number of nitrogens with one attached hydrogen (secondary N) is 3. The summed E-state index contributed by atoms with van der Waals surface area (Å²) in [5.74, 6) is 1.02. The molecule has 2 atom stereocenters. The van der Waals surface area contributed by atoms with Crippen molar-refractivity contribution in [3.05, 3.63) is 36.0 Å². The molecule has 12 nitrogen and oxygen atoms in total. The van der Waals surface area contributed by atoms with Gasteiger partial charge in [-0.2, -0.15) is 4.98 Å². The van der Waals surface area contributed by atoms with Crippen molar-refractivity contribution in [2.24, 2.45) is 0 Å². The maximum absolute atomic E-state index is 13.5. The fraction of sp³-hybridized carbons (Fsp3) is 0.571. The zero-order valence-corrected chi connectivity index (χ0v) is 24.1. The average Bonchev–Trinajstić information content (AvgIpc) is 2.91. The maximum Gasteiger partial charge on any atom is 0.407 e. The Morgan fingerprint density at radius 3 is 2.52 bits per heavy atom. The molecule has 0 radical (unpaired) electrons. The number of alkyl carbamates (subject to hydrolysis) is 1. The van der Waals surface area contributed by atoms with Crippen LogP contribution in [0.3, 0.4) is 0 Å². The van der Waals surface area contributed by atoms with Crippen molar-refractivity contribution < 1.29 is 14.3 Å². The van der Waals surface area contributed by atoms with E-state index >= 15 is 0 Å². The predicted molar refractivity (Wildman–Crippen MR) is 155 cm³/mol. The minimum atomic E-state index is -0.600. The van der Waals surface area contributed by atoms with Crippen LogP contribution in [0.25, 0.3) is 0 Å². The van der Waals surface area contributed by atoms with E-state index in [0.29, 0.717) is 31.3 Å². The van der Waals surface area contributed by atoms with Crippen LogP contribution in [0.1, 0.15) is 32.8 Å². The van der Waals surface area contributed by atoms with Gasteiger partial charge >= 0.3 is 12.1 Å².